The second kappa shape index (κ2) is 6.04. The summed E-state index contributed by atoms with van der Waals surface area (Å²) in [6.07, 6.45) is 4.77. The van der Waals surface area contributed by atoms with Gasteiger partial charge in [-0.15, -0.1) is 0 Å². The first-order chi connectivity index (χ1) is 7.53. The lowest BCUT2D eigenvalue weighted by atomic mass is 9.80. The number of rotatable bonds is 5. The highest BCUT2D eigenvalue weighted by atomic mass is 16.5. The van der Waals surface area contributed by atoms with Crippen molar-refractivity contribution in [2.45, 2.75) is 33.1 Å². The summed E-state index contributed by atoms with van der Waals surface area (Å²) in [5.74, 6) is 0.657. The Kier molecular flexibility index (Phi) is 5.00. The van der Waals surface area contributed by atoms with Crippen LogP contribution in [0.1, 0.15) is 33.1 Å². The van der Waals surface area contributed by atoms with Gasteiger partial charge in [-0.3, -0.25) is 4.79 Å². The largest absolute Gasteiger partial charge is 0.381 e. The lowest BCUT2D eigenvalue weighted by Gasteiger charge is -2.31. The van der Waals surface area contributed by atoms with Crippen LogP contribution in [0, 0.1) is 11.3 Å². The van der Waals surface area contributed by atoms with Gasteiger partial charge in [0.15, 0.2) is 0 Å². The minimum absolute atomic E-state index is 0.0833. The zero-order chi connectivity index (χ0) is 12.0. The quantitative estimate of drug-likeness (QED) is 0.728. The maximum absolute atomic E-state index is 11.1. The van der Waals surface area contributed by atoms with Crippen molar-refractivity contribution in [3.05, 3.63) is 12.7 Å². The fourth-order valence-electron chi connectivity index (χ4n) is 2.20. The van der Waals surface area contributed by atoms with Crippen molar-refractivity contribution < 1.29 is 9.53 Å². The van der Waals surface area contributed by atoms with Crippen LogP contribution in [-0.4, -0.2) is 25.7 Å². The fraction of sp³-hybridized carbons (Fsp3) is 0.769. The summed E-state index contributed by atoms with van der Waals surface area (Å²) in [4.78, 5) is 11.1. The molecule has 3 nitrogen and oxygen atoms in total. The Morgan fingerprint density at radius 1 is 1.50 bits per heavy atom. The van der Waals surface area contributed by atoms with Gasteiger partial charge in [-0.05, 0) is 36.7 Å². The summed E-state index contributed by atoms with van der Waals surface area (Å²) in [6, 6.07) is 0. The molecular formula is C13H23NO2. The maximum atomic E-state index is 11.1. The summed E-state index contributed by atoms with van der Waals surface area (Å²) in [6.45, 7) is 10.3. The molecule has 0 bridgehead atoms. The Bertz CT molecular complexity index is 242. The lowest BCUT2D eigenvalue weighted by molar-refractivity contribution is -0.117. The standard InChI is InChI=1S/C13H23NO2/c1-4-12(15)14-10-13(2,3)9-11-5-7-16-8-6-11/h4,11H,1,5-10H2,2-3H3,(H,14,15). The van der Waals surface area contributed by atoms with Crippen molar-refractivity contribution in [3.63, 3.8) is 0 Å². The van der Waals surface area contributed by atoms with Gasteiger partial charge in [0.25, 0.3) is 0 Å². The molecule has 0 aliphatic carbocycles. The molecule has 0 spiro atoms. The first-order valence-electron chi connectivity index (χ1n) is 6.01. The molecule has 0 aromatic heterocycles. The molecule has 1 aliphatic rings. The van der Waals surface area contributed by atoms with Gasteiger partial charge < -0.3 is 10.1 Å². The van der Waals surface area contributed by atoms with Crippen molar-refractivity contribution in [1.29, 1.82) is 0 Å². The van der Waals surface area contributed by atoms with Crippen LogP contribution in [0.4, 0.5) is 0 Å². The highest BCUT2D eigenvalue weighted by molar-refractivity contribution is 5.86. The van der Waals surface area contributed by atoms with Crippen LogP contribution in [0.3, 0.4) is 0 Å². The van der Waals surface area contributed by atoms with E-state index in [1.807, 2.05) is 0 Å². The summed E-state index contributed by atoms with van der Waals surface area (Å²) in [5.41, 5.74) is 0.153. The molecule has 1 saturated heterocycles. The lowest BCUT2D eigenvalue weighted by Crippen LogP contribution is -2.35. The van der Waals surface area contributed by atoms with E-state index in [9.17, 15) is 4.79 Å². The summed E-state index contributed by atoms with van der Waals surface area (Å²) >= 11 is 0. The Morgan fingerprint density at radius 3 is 2.69 bits per heavy atom. The third-order valence-corrected chi connectivity index (χ3v) is 3.11. The van der Waals surface area contributed by atoms with Crippen LogP contribution >= 0.6 is 0 Å². The van der Waals surface area contributed by atoms with E-state index in [-0.39, 0.29) is 11.3 Å². The third kappa shape index (κ3) is 4.79. The molecule has 1 aliphatic heterocycles. The molecule has 92 valence electrons. The van der Waals surface area contributed by atoms with Gasteiger partial charge in [-0.2, -0.15) is 0 Å². The van der Waals surface area contributed by atoms with E-state index in [2.05, 4.69) is 25.7 Å². The third-order valence-electron chi connectivity index (χ3n) is 3.11. The van der Waals surface area contributed by atoms with Gasteiger partial charge >= 0.3 is 0 Å². The second-order valence-electron chi connectivity index (χ2n) is 5.35. The Morgan fingerprint density at radius 2 is 2.12 bits per heavy atom. The van der Waals surface area contributed by atoms with E-state index in [1.54, 1.807) is 0 Å². The van der Waals surface area contributed by atoms with Crippen molar-refractivity contribution in [1.82, 2.24) is 5.32 Å². The molecule has 3 heteroatoms. The van der Waals surface area contributed by atoms with Gasteiger partial charge in [0.2, 0.25) is 5.91 Å². The van der Waals surface area contributed by atoms with Gasteiger partial charge in [0, 0.05) is 19.8 Å². The molecule has 16 heavy (non-hydrogen) atoms. The number of hydrogen-bond acceptors (Lipinski definition) is 2. The molecule has 0 aromatic rings. The average Bonchev–Trinajstić information content (AvgIpc) is 2.27. The average molecular weight is 225 g/mol. The number of amides is 1. The molecule has 1 heterocycles. The molecule has 1 rings (SSSR count). The predicted octanol–water partition coefficient (Wildman–Crippen LogP) is 2.13. The molecule has 1 fully saturated rings. The van der Waals surface area contributed by atoms with Crippen molar-refractivity contribution in [2.75, 3.05) is 19.8 Å². The van der Waals surface area contributed by atoms with Crippen molar-refractivity contribution >= 4 is 5.91 Å². The first kappa shape index (κ1) is 13.2. The maximum Gasteiger partial charge on any atom is 0.243 e. The van der Waals surface area contributed by atoms with E-state index in [4.69, 9.17) is 4.74 Å². The van der Waals surface area contributed by atoms with E-state index < -0.39 is 0 Å². The number of carbonyl (C=O) groups is 1. The van der Waals surface area contributed by atoms with E-state index in [0.717, 1.165) is 44.9 Å². The van der Waals surface area contributed by atoms with Gasteiger partial charge in [-0.25, -0.2) is 0 Å². The van der Waals surface area contributed by atoms with Crippen LogP contribution in [0.5, 0.6) is 0 Å². The monoisotopic (exact) mass is 225 g/mol. The Hall–Kier alpha value is -0.830. The SMILES string of the molecule is C=CC(=O)NCC(C)(C)CC1CCOCC1. The van der Waals surface area contributed by atoms with Crippen LogP contribution in [-0.2, 0) is 9.53 Å². The Balaban J connectivity index is 2.31. The molecule has 0 radical (unpaired) electrons. The van der Waals surface area contributed by atoms with Crippen LogP contribution in [0.15, 0.2) is 12.7 Å². The summed E-state index contributed by atoms with van der Waals surface area (Å²) in [5, 5.41) is 2.87. The highest BCUT2D eigenvalue weighted by Crippen LogP contribution is 2.30. The highest BCUT2D eigenvalue weighted by Gasteiger charge is 2.25. The topological polar surface area (TPSA) is 38.3 Å². The molecule has 0 atom stereocenters. The zero-order valence-electron chi connectivity index (χ0n) is 10.4. The molecule has 0 aromatic carbocycles. The second-order valence-corrected chi connectivity index (χ2v) is 5.35. The fourth-order valence-corrected chi connectivity index (χ4v) is 2.20. The molecule has 0 unspecified atom stereocenters. The normalized spacial score (nSPS) is 18.1. The summed E-state index contributed by atoms with van der Waals surface area (Å²) in [7, 11) is 0. The molecule has 0 saturated carbocycles. The molecular weight excluding hydrogens is 202 g/mol. The van der Waals surface area contributed by atoms with Crippen LogP contribution in [0.25, 0.3) is 0 Å². The predicted molar refractivity (Wildman–Crippen MR) is 65.1 cm³/mol. The molecule has 1 amide bonds. The molecule has 1 N–H and O–H groups in total. The number of carbonyl (C=O) groups excluding carboxylic acids is 1. The van der Waals surface area contributed by atoms with Crippen LogP contribution in [0.2, 0.25) is 0 Å². The van der Waals surface area contributed by atoms with Crippen LogP contribution < -0.4 is 5.32 Å². The van der Waals surface area contributed by atoms with E-state index in [1.165, 1.54) is 6.08 Å². The summed E-state index contributed by atoms with van der Waals surface area (Å²) < 4.78 is 5.35. The number of ether oxygens (including phenoxy) is 1. The minimum Gasteiger partial charge on any atom is -0.381 e. The zero-order valence-corrected chi connectivity index (χ0v) is 10.4. The number of nitrogens with one attached hydrogen (secondary N) is 1. The minimum atomic E-state index is -0.0833. The Labute approximate surface area is 98.2 Å². The van der Waals surface area contributed by atoms with E-state index >= 15 is 0 Å². The van der Waals surface area contributed by atoms with E-state index in [0.29, 0.717) is 0 Å². The van der Waals surface area contributed by atoms with Crippen molar-refractivity contribution in [3.8, 4) is 0 Å². The van der Waals surface area contributed by atoms with Crippen molar-refractivity contribution in [2.24, 2.45) is 11.3 Å². The number of hydrogen-bond donors (Lipinski definition) is 1. The van der Waals surface area contributed by atoms with Gasteiger partial charge in [-0.1, -0.05) is 20.4 Å². The smallest absolute Gasteiger partial charge is 0.243 e. The van der Waals surface area contributed by atoms with Gasteiger partial charge in [0.05, 0.1) is 0 Å². The van der Waals surface area contributed by atoms with Gasteiger partial charge in [0.1, 0.15) is 0 Å². The first-order valence-corrected chi connectivity index (χ1v) is 6.01.